The summed E-state index contributed by atoms with van der Waals surface area (Å²) in [5.74, 6) is 1.36. The van der Waals surface area contributed by atoms with Crippen LogP contribution in [-0.4, -0.2) is 20.3 Å². The minimum Gasteiger partial charge on any atom is -0.390 e. The lowest BCUT2D eigenvalue weighted by atomic mass is 9.97. The van der Waals surface area contributed by atoms with Crippen molar-refractivity contribution in [2.45, 2.75) is 57.1 Å². The SMILES string of the molecule is C[C@H](c1ccccc1)c1nccn1CCC1(O)CCCC1. The fourth-order valence-corrected chi connectivity index (χ4v) is 3.39. The van der Waals surface area contributed by atoms with Crippen LogP contribution in [0.3, 0.4) is 0 Å². The van der Waals surface area contributed by atoms with E-state index in [-0.39, 0.29) is 5.92 Å². The summed E-state index contributed by atoms with van der Waals surface area (Å²) in [5.41, 5.74) is 0.835. The van der Waals surface area contributed by atoms with Gasteiger partial charge in [-0.3, -0.25) is 0 Å². The van der Waals surface area contributed by atoms with E-state index in [4.69, 9.17) is 0 Å². The first kappa shape index (κ1) is 14.3. The Bertz CT molecular complexity index is 570. The highest BCUT2D eigenvalue weighted by Gasteiger charge is 2.30. The molecule has 1 N–H and O–H groups in total. The molecule has 0 spiro atoms. The van der Waals surface area contributed by atoms with Gasteiger partial charge in [0.15, 0.2) is 0 Å². The molecule has 0 bridgehead atoms. The van der Waals surface area contributed by atoms with E-state index >= 15 is 0 Å². The number of imidazole rings is 1. The zero-order chi connectivity index (χ0) is 14.7. The van der Waals surface area contributed by atoms with Gasteiger partial charge in [0, 0.05) is 24.9 Å². The topological polar surface area (TPSA) is 38.0 Å². The molecule has 1 heterocycles. The number of nitrogens with zero attached hydrogens (tertiary/aromatic N) is 2. The quantitative estimate of drug-likeness (QED) is 0.908. The second-order valence-electron chi connectivity index (χ2n) is 6.29. The molecular weight excluding hydrogens is 260 g/mol. The Balaban J connectivity index is 1.72. The number of aromatic nitrogens is 2. The number of aliphatic hydroxyl groups is 1. The van der Waals surface area contributed by atoms with Crippen molar-refractivity contribution in [3.63, 3.8) is 0 Å². The molecule has 1 saturated carbocycles. The molecule has 1 atom stereocenters. The summed E-state index contributed by atoms with van der Waals surface area (Å²) in [6, 6.07) is 10.5. The first-order chi connectivity index (χ1) is 10.2. The predicted octanol–water partition coefficient (Wildman–Crippen LogP) is 3.73. The third kappa shape index (κ3) is 3.18. The van der Waals surface area contributed by atoms with Gasteiger partial charge in [-0.1, -0.05) is 50.1 Å². The molecule has 21 heavy (non-hydrogen) atoms. The largest absolute Gasteiger partial charge is 0.390 e. The Morgan fingerprint density at radius 3 is 2.67 bits per heavy atom. The molecule has 3 heteroatoms. The van der Waals surface area contributed by atoms with E-state index in [1.165, 1.54) is 5.56 Å². The minimum atomic E-state index is -0.447. The molecule has 1 fully saturated rings. The second kappa shape index (κ2) is 6.02. The number of aryl methyl sites for hydroxylation is 1. The van der Waals surface area contributed by atoms with Gasteiger partial charge in [-0.25, -0.2) is 4.98 Å². The van der Waals surface area contributed by atoms with E-state index in [1.807, 2.05) is 18.5 Å². The Morgan fingerprint density at radius 2 is 1.95 bits per heavy atom. The number of hydrogen-bond donors (Lipinski definition) is 1. The first-order valence-corrected chi connectivity index (χ1v) is 7.96. The summed E-state index contributed by atoms with van der Waals surface area (Å²) in [5, 5.41) is 10.5. The molecule has 1 aliphatic rings. The molecule has 112 valence electrons. The first-order valence-electron chi connectivity index (χ1n) is 7.96. The number of hydrogen-bond acceptors (Lipinski definition) is 2. The summed E-state index contributed by atoms with van der Waals surface area (Å²) in [7, 11) is 0. The van der Waals surface area contributed by atoms with Crippen LogP contribution < -0.4 is 0 Å². The van der Waals surface area contributed by atoms with Crippen molar-refractivity contribution in [3.8, 4) is 0 Å². The van der Waals surface area contributed by atoms with Gasteiger partial charge in [-0.2, -0.15) is 0 Å². The van der Waals surface area contributed by atoms with Crippen molar-refractivity contribution in [1.82, 2.24) is 9.55 Å². The van der Waals surface area contributed by atoms with Gasteiger partial charge in [0.1, 0.15) is 5.82 Å². The highest BCUT2D eigenvalue weighted by molar-refractivity contribution is 5.24. The summed E-state index contributed by atoms with van der Waals surface area (Å²) < 4.78 is 2.20. The van der Waals surface area contributed by atoms with E-state index in [1.54, 1.807) is 0 Å². The molecule has 0 saturated heterocycles. The van der Waals surface area contributed by atoms with Crippen LogP contribution >= 0.6 is 0 Å². The van der Waals surface area contributed by atoms with Crippen LogP contribution in [0, 0.1) is 0 Å². The van der Waals surface area contributed by atoms with Crippen LogP contribution in [0.1, 0.15) is 56.3 Å². The van der Waals surface area contributed by atoms with Crippen molar-refractivity contribution < 1.29 is 5.11 Å². The van der Waals surface area contributed by atoms with E-state index in [0.29, 0.717) is 0 Å². The fraction of sp³-hybridized carbons (Fsp3) is 0.500. The molecular formula is C18H24N2O. The van der Waals surface area contributed by atoms with E-state index < -0.39 is 5.60 Å². The van der Waals surface area contributed by atoms with Crippen LogP contribution in [0.2, 0.25) is 0 Å². The van der Waals surface area contributed by atoms with Gasteiger partial charge in [0.05, 0.1) is 5.60 Å². The second-order valence-corrected chi connectivity index (χ2v) is 6.29. The van der Waals surface area contributed by atoms with Crippen molar-refractivity contribution >= 4 is 0 Å². The molecule has 0 unspecified atom stereocenters. The van der Waals surface area contributed by atoms with Crippen molar-refractivity contribution in [3.05, 3.63) is 54.1 Å². The summed E-state index contributed by atoms with van der Waals surface area (Å²) in [6.45, 7) is 3.04. The molecule has 0 amide bonds. The summed E-state index contributed by atoms with van der Waals surface area (Å²) in [4.78, 5) is 4.54. The van der Waals surface area contributed by atoms with Gasteiger partial charge in [-0.15, -0.1) is 0 Å². The Labute approximate surface area is 126 Å². The van der Waals surface area contributed by atoms with Crippen LogP contribution in [0.5, 0.6) is 0 Å². The lowest BCUT2D eigenvalue weighted by Gasteiger charge is -2.23. The molecule has 1 aromatic heterocycles. The van der Waals surface area contributed by atoms with E-state index in [2.05, 4.69) is 40.7 Å². The van der Waals surface area contributed by atoms with Gasteiger partial charge >= 0.3 is 0 Å². The molecule has 2 aromatic rings. The van der Waals surface area contributed by atoms with Gasteiger partial charge in [-0.05, 0) is 24.8 Å². The molecule has 0 radical (unpaired) electrons. The van der Waals surface area contributed by atoms with Crippen molar-refractivity contribution in [2.75, 3.05) is 0 Å². The average Bonchev–Trinajstić information content (AvgIpc) is 3.15. The third-order valence-corrected chi connectivity index (χ3v) is 4.79. The van der Waals surface area contributed by atoms with Crippen LogP contribution in [0.4, 0.5) is 0 Å². The summed E-state index contributed by atoms with van der Waals surface area (Å²) >= 11 is 0. The third-order valence-electron chi connectivity index (χ3n) is 4.79. The molecule has 0 aliphatic heterocycles. The Kier molecular flexibility index (Phi) is 4.11. The van der Waals surface area contributed by atoms with E-state index in [0.717, 1.165) is 44.5 Å². The Hall–Kier alpha value is -1.61. The van der Waals surface area contributed by atoms with Crippen molar-refractivity contribution in [2.24, 2.45) is 0 Å². The molecule has 1 aliphatic carbocycles. The zero-order valence-corrected chi connectivity index (χ0v) is 12.7. The normalized spacial score (nSPS) is 18.8. The fourth-order valence-electron chi connectivity index (χ4n) is 3.39. The van der Waals surface area contributed by atoms with Crippen LogP contribution in [0.15, 0.2) is 42.7 Å². The molecule has 3 rings (SSSR count). The van der Waals surface area contributed by atoms with Crippen LogP contribution in [-0.2, 0) is 6.54 Å². The summed E-state index contributed by atoms with van der Waals surface area (Å²) in [6.07, 6.45) is 8.95. The van der Waals surface area contributed by atoms with Gasteiger partial charge in [0.25, 0.3) is 0 Å². The van der Waals surface area contributed by atoms with Gasteiger partial charge in [0.2, 0.25) is 0 Å². The number of rotatable bonds is 5. The maximum atomic E-state index is 10.5. The average molecular weight is 284 g/mol. The highest BCUT2D eigenvalue weighted by Crippen LogP contribution is 2.33. The van der Waals surface area contributed by atoms with E-state index in [9.17, 15) is 5.11 Å². The minimum absolute atomic E-state index is 0.277. The van der Waals surface area contributed by atoms with Crippen LogP contribution in [0.25, 0.3) is 0 Å². The molecule has 1 aromatic carbocycles. The standard InChI is InChI=1S/C18H24N2O/c1-15(16-7-3-2-4-8-16)17-19-12-14-20(17)13-11-18(21)9-5-6-10-18/h2-4,7-8,12,14-15,21H,5-6,9-11,13H2,1H3/t15-/m1/s1. The monoisotopic (exact) mass is 284 g/mol. The smallest absolute Gasteiger partial charge is 0.115 e. The predicted molar refractivity (Wildman–Crippen MR) is 84.2 cm³/mol. The van der Waals surface area contributed by atoms with Gasteiger partial charge < -0.3 is 9.67 Å². The molecule has 3 nitrogen and oxygen atoms in total. The highest BCUT2D eigenvalue weighted by atomic mass is 16.3. The van der Waals surface area contributed by atoms with Crippen molar-refractivity contribution in [1.29, 1.82) is 0 Å². The zero-order valence-electron chi connectivity index (χ0n) is 12.7. The Morgan fingerprint density at radius 1 is 1.24 bits per heavy atom. The lowest BCUT2D eigenvalue weighted by Crippen LogP contribution is -2.26. The maximum absolute atomic E-state index is 10.5. The maximum Gasteiger partial charge on any atom is 0.115 e. The lowest BCUT2D eigenvalue weighted by molar-refractivity contribution is 0.0342. The number of benzene rings is 1.